The first-order chi connectivity index (χ1) is 16.1. The number of urea groups is 1. The molecule has 1 heterocycles. The van der Waals surface area contributed by atoms with Gasteiger partial charge in [0, 0.05) is 16.2 Å². The number of thioether (sulfide) groups is 1. The van der Waals surface area contributed by atoms with Gasteiger partial charge < -0.3 is 10.1 Å². The molecular weight excluding hydrogens is 459 g/mol. The monoisotopic (exact) mass is 480 g/mol. The van der Waals surface area contributed by atoms with Crippen molar-refractivity contribution < 1.29 is 13.9 Å². The van der Waals surface area contributed by atoms with Crippen LogP contribution in [0.3, 0.4) is 0 Å². The highest BCUT2D eigenvalue weighted by atomic mass is 32.2. The quantitative estimate of drug-likeness (QED) is 0.223. The Kier molecular flexibility index (Phi) is 7.54. The van der Waals surface area contributed by atoms with Gasteiger partial charge in [-0.25, -0.2) is 9.18 Å². The lowest BCUT2D eigenvalue weighted by Crippen LogP contribution is -2.19. The number of hydrogen-bond donors (Lipinski definition) is 2. The number of ether oxygens (including phenoxy) is 1. The molecule has 4 rings (SSSR count). The van der Waals surface area contributed by atoms with E-state index in [2.05, 4.69) is 20.8 Å². The summed E-state index contributed by atoms with van der Waals surface area (Å²) in [5.74, 6) is 1.10. The zero-order valence-corrected chi connectivity index (χ0v) is 19.4. The second kappa shape index (κ2) is 10.9. The van der Waals surface area contributed by atoms with Gasteiger partial charge in [0.2, 0.25) is 5.13 Å². The molecule has 4 aromatic rings. The van der Waals surface area contributed by atoms with Crippen molar-refractivity contribution in [2.75, 3.05) is 23.0 Å². The fraction of sp³-hybridized carbons (Fsp3) is 0.125. The van der Waals surface area contributed by atoms with Gasteiger partial charge in [-0.3, -0.25) is 5.32 Å². The second-order valence-corrected chi connectivity index (χ2v) is 9.09. The molecule has 3 aromatic carbocycles. The lowest BCUT2D eigenvalue weighted by Gasteiger charge is -2.08. The van der Waals surface area contributed by atoms with Gasteiger partial charge in [-0.15, -0.1) is 22.0 Å². The van der Waals surface area contributed by atoms with Gasteiger partial charge in [0.15, 0.2) is 5.01 Å². The Bertz CT molecular complexity index is 1230. The van der Waals surface area contributed by atoms with Crippen LogP contribution < -0.4 is 15.4 Å². The fourth-order valence-corrected chi connectivity index (χ4v) is 4.63. The summed E-state index contributed by atoms with van der Waals surface area (Å²) in [5, 5.41) is 14.3. The molecule has 0 bridgehead atoms. The molecule has 0 unspecified atom stereocenters. The average Bonchev–Trinajstić information content (AvgIpc) is 3.28. The molecule has 0 aliphatic rings. The van der Waals surface area contributed by atoms with E-state index < -0.39 is 11.8 Å². The van der Waals surface area contributed by atoms with Crippen LogP contribution in [0.1, 0.15) is 5.56 Å². The standard InChI is InChI=1S/C24H21FN4O2S2/c1-16-10-12-17(13-11-16)31-14-15-32-21-9-5-2-6-18(21)22-28-29-24(33-22)27-23(30)26-20-8-4-3-7-19(20)25/h2-13H,14-15H2,1H3,(H2,26,27,29,30). The van der Waals surface area contributed by atoms with E-state index in [0.717, 1.165) is 22.0 Å². The Hall–Kier alpha value is -3.43. The number of carbonyl (C=O) groups excluding carboxylic acids is 1. The molecule has 168 valence electrons. The Balaban J connectivity index is 1.35. The smallest absolute Gasteiger partial charge is 0.325 e. The number of para-hydroxylation sites is 1. The Morgan fingerprint density at radius 1 is 1.00 bits per heavy atom. The predicted octanol–water partition coefficient (Wildman–Crippen LogP) is 6.47. The first-order valence-electron chi connectivity index (χ1n) is 10.2. The van der Waals surface area contributed by atoms with Crippen LogP contribution in [-0.2, 0) is 0 Å². The Morgan fingerprint density at radius 2 is 1.76 bits per heavy atom. The summed E-state index contributed by atoms with van der Waals surface area (Å²) in [7, 11) is 0. The molecular formula is C24H21FN4O2S2. The highest BCUT2D eigenvalue weighted by molar-refractivity contribution is 7.99. The number of rotatable bonds is 8. The highest BCUT2D eigenvalue weighted by Crippen LogP contribution is 2.34. The molecule has 0 saturated carbocycles. The molecule has 0 atom stereocenters. The summed E-state index contributed by atoms with van der Waals surface area (Å²) in [6.45, 7) is 2.61. The van der Waals surface area contributed by atoms with Crippen LogP contribution in [-0.4, -0.2) is 28.6 Å². The normalized spacial score (nSPS) is 10.6. The van der Waals surface area contributed by atoms with Gasteiger partial charge in [0.25, 0.3) is 0 Å². The lowest BCUT2D eigenvalue weighted by atomic mass is 10.2. The molecule has 2 amide bonds. The zero-order valence-electron chi connectivity index (χ0n) is 17.7. The van der Waals surface area contributed by atoms with E-state index in [1.165, 1.54) is 29.0 Å². The topological polar surface area (TPSA) is 76.1 Å². The number of aryl methyl sites for hydroxylation is 1. The maximum Gasteiger partial charge on any atom is 0.325 e. The van der Waals surface area contributed by atoms with Crippen LogP contribution in [0.15, 0.2) is 77.7 Å². The third-order valence-electron chi connectivity index (χ3n) is 4.52. The fourth-order valence-electron chi connectivity index (χ4n) is 2.91. The maximum absolute atomic E-state index is 13.7. The summed E-state index contributed by atoms with van der Waals surface area (Å²) >= 11 is 2.91. The maximum atomic E-state index is 13.7. The van der Waals surface area contributed by atoms with Gasteiger partial charge in [0.05, 0.1) is 12.3 Å². The van der Waals surface area contributed by atoms with Crippen LogP contribution in [0.2, 0.25) is 0 Å². The highest BCUT2D eigenvalue weighted by Gasteiger charge is 2.14. The molecule has 0 radical (unpaired) electrons. The number of nitrogens with zero attached hydrogens (tertiary/aromatic N) is 2. The number of aromatic nitrogens is 2. The van der Waals surface area contributed by atoms with Gasteiger partial charge >= 0.3 is 6.03 Å². The number of nitrogens with one attached hydrogen (secondary N) is 2. The predicted molar refractivity (Wildman–Crippen MR) is 132 cm³/mol. The molecule has 9 heteroatoms. The van der Waals surface area contributed by atoms with E-state index in [9.17, 15) is 9.18 Å². The van der Waals surface area contributed by atoms with E-state index in [1.807, 2.05) is 55.5 Å². The SMILES string of the molecule is Cc1ccc(OCCSc2ccccc2-c2nnc(NC(=O)Nc3ccccc3F)s2)cc1. The van der Waals surface area contributed by atoms with E-state index in [4.69, 9.17) is 4.74 Å². The van der Waals surface area contributed by atoms with Gasteiger partial charge in [-0.05, 0) is 37.3 Å². The summed E-state index contributed by atoms with van der Waals surface area (Å²) in [6.07, 6.45) is 0. The summed E-state index contributed by atoms with van der Waals surface area (Å²) in [6, 6.07) is 21.2. The zero-order chi connectivity index (χ0) is 23.0. The van der Waals surface area contributed by atoms with Crippen molar-refractivity contribution in [3.8, 4) is 16.3 Å². The minimum absolute atomic E-state index is 0.0920. The third kappa shape index (κ3) is 6.30. The first kappa shape index (κ1) is 22.8. The van der Waals surface area contributed by atoms with Crippen LogP contribution in [0.25, 0.3) is 10.6 Å². The summed E-state index contributed by atoms with van der Waals surface area (Å²) in [5.41, 5.74) is 2.22. The van der Waals surface area contributed by atoms with Gasteiger partial charge in [0.1, 0.15) is 11.6 Å². The number of benzene rings is 3. The van der Waals surface area contributed by atoms with Crippen LogP contribution in [0.5, 0.6) is 5.75 Å². The summed E-state index contributed by atoms with van der Waals surface area (Å²) < 4.78 is 19.5. The van der Waals surface area contributed by atoms with E-state index in [1.54, 1.807) is 23.9 Å². The van der Waals surface area contributed by atoms with Crippen molar-refractivity contribution in [1.82, 2.24) is 10.2 Å². The molecule has 0 spiro atoms. The third-order valence-corrected chi connectivity index (χ3v) is 6.43. The van der Waals surface area contributed by atoms with Crippen LogP contribution in [0, 0.1) is 12.7 Å². The molecule has 1 aromatic heterocycles. The van der Waals surface area contributed by atoms with Crippen LogP contribution in [0.4, 0.5) is 20.0 Å². The lowest BCUT2D eigenvalue weighted by molar-refractivity contribution is 0.262. The van der Waals surface area contributed by atoms with Crippen LogP contribution >= 0.6 is 23.1 Å². The molecule has 2 N–H and O–H groups in total. The first-order valence-corrected chi connectivity index (χ1v) is 12.0. The van der Waals surface area contributed by atoms with Crippen molar-refractivity contribution in [1.29, 1.82) is 0 Å². The van der Waals surface area contributed by atoms with Crippen molar-refractivity contribution in [3.05, 3.63) is 84.2 Å². The minimum atomic E-state index is -0.585. The van der Waals surface area contributed by atoms with Gasteiger partial charge in [-0.2, -0.15) is 0 Å². The molecule has 0 fully saturated rings. The Labute approximate surface area is 199 Å². The van der Waals surface area contributed by atoms with E-state index in [-0.39, 0.29) is 5.69 Å². The van der Waals surface area contributed by atoms with Crippen molar-refractivity contribution in [3.63, 3.8) is 0 Å². The van der Waals surface area contributed by atoms with Crippen molar-refractivity contribution in [2.24, 2.45) is 0 Å². The number of amides is 2. The van der Waals surface area contributed by atoms with Crippen molar-refractivity contribution in [2.45, 2.75) is 11.8 Å². The summed E-state index contributed by atoms with van der Waals surface area (Å²) in [4.78, 5) is 13.2. The number of anilines is 2. The second-order valence-electron chi connectivity index (χ2n) is 6.98. The molecule has 0 saturated heterocycles. The van der Waals surface area contributed by atoms with E-state index >= 15 is 0 Å². The van der Waals surface area contributed by atoms with Gasteiger partial charge in [-0.1, -0.05) is 59.4 Å². The van der Waals surface area contributed by atoms with E-state index in [0.29, 0.717) is 16.7 Å². The number of halogens is 1. The number of hydrogen-bond acceptors (Lipinski definition) is 6. The molecule has 0 aliphatic carbocycles. The number of carbonyl (C=O) groups is 1. The minimum Gasteiger partial charge on any atom is -0.493 e. The molecule has 33 heavy (non-hydrogen) atoms. The average molecular weight is 481 g/mol. The van der Waals surface area contributed by atoms with Crippen molar-refractivity contribution >= 4 is 39.9 Å². The molecule has 6 nitrogen and oxygen atoms in total. The molecule has 0 aliphatic heterocycles. The Morgan fingerprint density at radius 3 is 2.58 bits per heavy atom. The largest absolute Gasteiger partial charge is 0.493 e.